The van der Waals surface area contributed by atoms with Gasteiger partial charge in [-0.15, -0.1) is 0 Å². The molecule has 2 aromatic carbocycles. The fourth-order valence-electron chi connectivity index (χ4n) is 4.75. The standard InChI is InChI=1S/C27H32N2O5/c1-2-7-19(14-25(30)29(16-26(31)32)15-18-12-13-18)28-27(33)34-17-24-22-10-5-3-8-20(22)21-9-4-6-11-23(21)24/h3-6,8-11,18-19,24H,2,7,12-17H2,1H3,(H,28,33)(H,31,32)/t19-/m0/s1. The maximum Gasteiger partial charge on any atom is 0.407 e. The highest BCUT2D eigenvalue weighted by molar-refractivity contribution is 5.82. The maximum absolute atomic E-state index is 12.8. The number of alkyl carbamates (subject to hydrolysis) is 1. The monoisotopic (exact) mass is 464 g/mol. The summed E-state index contributed by atoms with van der Waals surface area (Å²) in [5, 5.41) is 12.0. The molecule has 0 saturated heterocycles. The van der Waals surface area contributed by atoms with Gasteiger partial charge in [-0.1, -0.05) is 61.9 Å². The van der Waals surface area contributed by atoms with E-state index in [0.29, 0.717) is 18.9 Å². The van der Waals surface area contributed by atoms with Crippen LogP contribution in [0.25, 0.3) is 11.1 Å². The zero-order valence-electron chi connectivity index (χ0n) is 19.5. The van der Waals surface area contributed by atoms with E-state index in [0.717, 1.165) is 41.5 Å². The quantitative estimate of drug-likeness (QED) is 0.514. The summed E-state index contributed by atoms with van der Waals surface area (Å²) in [7, 11) is 0. The van der Waals surface area contributed by atoms with Crippen molar-refractivity contribution in [2.45, 2.75) is 51.0 Å². The molecule has 0 heterocycles. The van der Waals surface area contributed by atoms with E-state index in [4.69, 9.17) is 4.74 Å². The number of nitrogens with one attached hydrogen (secondary N) is 1. The number of fused-ring (bicyclic) bond motifs is 3. The number of rotatable bonds is 11. The van der Waals surface area contributed by atoms with E-state index in [9.17, 15) is 19.5 Å². The van der Waals surface area contributed by atoms with E-state index in [2.05, 4.69) is 29.6 Å². The number of amides is 2. The molecule has 0 spiro atoms. The molecule has 2 aromatic rings. The SMILES string of the molecule is CCC[C@@H](CC(=O)N(CC(=O)O)CC1CC1)NC(=O)OCC1c2ccccc2-c2ccccc21. The van der Waals surface area contributed by atoms with Crippen molar-refractivity contribution in [3.05, 3.63) is 59.7 Å². The Morgan fingerprint density at radius 3 is 2.24 bits per heavy atom. The fraction of sp³-hybridized carbons (Fsp3) is 0.444. The molecule has 7 heteroatoms. The number of carboxylic acids is 1. The van der Waals surface area contributed by atoms with Gasteiger partial charge in [-0.05, 0) is 47.4 Å². The van der Waals surface area contributed by atoms with E-state index < -0.39 is 18.1 Å². The number of carbonyl (C=O) groups excluding carboxylic acids is 2. The van der Waals surface area contributed by atoms with Crippen molar-refractivity contribution in [1.82, 2.24) is 10.2 Å². The highest BCUT2D eigenvalue weighted by Crippen LogP contribution is 2.44. The van der Waals surface area contributed by atoms with Crippen LogP contribution in [0, 0.1) is 5.92 Å². The van der Waals surface area contributed by atoms with Crippen LogP contribution in [0.1, 0.15) is 56.1 Å². The number of hydrogen-bond acceptors (Lipinski definition) is 4. The Morgan fingerprint density at radius 2 is 1.68 bits per heavy atom. The van der Waals surface area contributed by atoms with Gasteiger partial charge in [0.05, 0.1) is 0 Å². The number of carboxylic acid groups (broad SMARTS) is 1. The third-order valence-electron chi connectivity index (χ3n) is 6.58. The molecule has 0 aliphatic heterocycles. The Balaban J connectivity index is 1.36. The molecule has 0 aromatic heterocycles. The summed E-state index contributed by atoms with van der Waals surface area (Å²) >= 11 is 0. The van der Waals surface area contributed by atoms with E-state index in [-0.39, 0.29) is 31.4 Å². The van der Waals surface area contributed by atoms with E-state index in [1.807, 2.05) is 31.2 Å². The smallest absolute Gasteiger partial charge is 0.407 e. The topological polar surface area (TPSA) is 95.9 Å². The minimum absolute atomic E-state index is 0.0333. The van der Waals surface area contributed by atoms with Crippen molar-refractivity contribution in [3.8, 4) is 11.1 Å². The Labute approximate surface area is 200 Å². The molecule has 34 heavy (non-hydrogen) atoms. The van der Waals surface area contributed by atoms with Crippen LogP contribution >= 0.6 is 0 Å². The van der Waals surface area contributed by atoms with Gasteiger partial charge in [-0.25, -0.2) is 4.79 Å². The van der Waals surface area contributed by atoms with E-state index >= 15 is 0 Å². The highest BCUT2D eigenvalue weighted by atomic mass is 16.5. The molecule has 2 aliphatic carbocycles. The first kappa shape index (κ1) is 23.8. The van der Waals surface area contributed by atoms with Gasteiger partial charge in [-0.3, -0.25) is 9.59 Å². The fourth-order valence-corrected chi connectivity index (χ4v) is 4.75. The second kappa shape index (κ2) is 10.7. The molecule has 180 valence electrons. The second-order valence-electron chi connectivity index (χ2n) is 9.27. The Morgan fingerprint density at radius 1 is 1.06 bits per heavy atom. The number of hydrogen-bond donors (Lipinski definition) is 2. The first-order chi connectivity index (χ1) is 16.5. The van der Waals surface area contributed by atoms with Crippen LogP contribution < -0.4 is 5.32 Å². The van der Waals surface area contributed by atoms with Gasteiger partial charge in [0.15, 0.2) is 0 Å². The lowest BCUT2D eigenvalue weighted by atomic mass is 9.98. The van der Waals surface area contributed by atoms with Gasteiger partial charge in [0, 0.05) is 24.9 Å². The number of benzene rings is 2. The zero-order valence-corrected chi connectivity index (χ0v) is 19.5. The molecule has 0 bridgehead atoms. The molecular weight excluding hydrogens is 432 g/mol. The molecule has 1 saturated carbocycles. The van der Waals surface area contributed by atoms with Crippen LogP contribution in [-0.4, -0.2) is 53.7 Å². The first-order valence-corrected chi connectivity index (χ1v) is 12.1. The number of carbonyl (C=O) groups is 3. The summed E-state index contributed by atoms with van der Waals surface area (Å²) in [5.74, 6) is -0.908. The van der Waals surface area contributed by atoms with Crippen molar-refractivity contribution < 1.29 is 24.2 Å². The summed E-state index contributed by atoms with van der Waals surface area (Å²) < 4.78 is 5.63. The molecular formula is C27H32N2O5. The molecule has 1 fully saturated rings. The normalized spacial score (nSPS) is 15.2. The average molecular weight is 465 g/mol. The van der Waals surface area contributed by atoms with Crippen molar-refractivity contribution >= 4 is 18.0 Å². The van der Waals surface area contributed by atoms with Crippen LogP contribution in [0.5, 0.6) is 0 Å². The molecule has 0 radical (unpaired) electrons. The van der Waals surface area contributed by atoms with Crippen molar-refractivity contribution in [1.29, 1.82) is 0 Å². The second-order valence-corrected chi connectivity index (χ2v) is 9.27. The van der Waals surface area contributed by atoms with Gasteiger partial charge in [0.1, 0.15) is 13.2 Å². The summed E-state index contributed by atoms with van der Waals surface area (Å²) in [4.78, 5) is 38.1. The minimum atomic E-state index is -1.02. The highest BCUT2D eigenvalue weighted by Gasteiger charge is 2.31. The Kier molecular flexibility index (Phi) is 7.50. The molecule has 2 aliphatic rings. The summed E-state index contributed by atoms with van der Waals surface area (Å²) in [6.45, 7) is 2.35. The molecule has 0 unspecified atom stereocenters. The van der Waals surface area contributed by atoms with E-state index in [1.165, 1.54) is 4.90 Å². The van der Waals surface area contributed by atoms with Gasteiger partial charge in [0.2, 0.25) is 5.91 Å². The predicted molar refractivity (Wildman–Crippen MR) is 128 cm³/mol. The van der Waals surface area contributed by atoms with Crippen molar-refractivity contribution in [2.75, 3.05) is 19.7 Å². The lowest BCUT2D eigenvalue weighted by Crippen LogP contribution is -2.43. The molecule has 2 N–H and O–H groups in total. The van der Waals surface area contributed by atoms with Crippen LogP contribution in [0.3, 0.4) is 0 Å². The largest absolute Gasteiger partial charge is 0.480 e. The maximum atomic E-state index is 12.8. The molecule has 2 amide bonds. The molecule has 7 nitrogen and oxygen atoms in total. The molecule has 1 atom stereocenters. The lowest BCUT2D eigenvalue weighted by Gasteiger charge is -2.24. The third kappa shape index (κ3) is 5.76. The summed E-state index contributed by atoms with van der Waals surface area (Å²) in [6.07, 6.45) is 2.96. The predicted octanol–water partition coefficient (Wildman–Crippen LogP) is 4.41. The third-order valence-corrected chi connectivity index (χ3v) is 6.58. The van der Waals surface area contributed by atoms with E-state index in [1.54, 1.807) is 0 Å². The number of aliphatic carboxylic acids is 1. The van der Waals surface area contributed by atoms with Crippen molar-refractivity contribution in [3.63, 3.8) is 0 Å². The van der Waals surface area contributed by atoms with Crippen LogP contribution in [0.2, 0.25) is 0 Å². The number of nitrogens with zero attached hydrogens (tertiary/aromatic N) is 1. The van der Waals surface area contributed by atoms with Crippen LogP contribution in [0.15, 0.2) is 48.5 Å². The van der Waals surface area contributed by atoms with Gasteiger partial charge < -0.3 is 20.1 Å². The molecule has 4 rings (SSSR count). The minimum Gasteiger partial charge on any atom is -0.480 e. The van der Waals surface area contributed by atoms with Gasteiger partial charge >= 0.3 is 12.1 Å². The average Bonchev–Trinajstić information content (AvgIpc) is 3.57. The lowest BCUT2D eigenvalue weighted by molar-refractivity contribution is -0.144. The van der Waals surface area contributed by atoms with Gasteiger partial charge in [0.25, 0.3) is 0 Å². The Bertz CT molecular complexity index is 1000. The first-order valence-electron chi connectivity index (χ1n) is 12.1. The van der Waals surface area contributed by atoms with Crippen LogP contribution in [0.4, 0.5) is 4.79 Å². The Hall–Kier alpha value is -3.35. The van der Waals surface area contributed by atoms with Gasteiger partial charge in [-0.2, -0.15) is 0 Å². The number of ether oxygens (including phenoxy) is 1. The summed E-state index contributed by atoms with van der Waals surface area (Å²) in [6, 6.07) is 15.9. The van der Waals surface area contributed by atoms with Crippen molar-refractivity contribution in [2.24, 2.45) is 5.92 Å². The van der Waals surface area contributed by atoms with Crippen LogP contribution in [-0.2, 0) is 14.3 Å². The summed E-state index contributed by atoms with van der Waals surface area (Å²) in [5.41, 5.74) is 4.61. The zero-order chi connectivity index (χ0) is 24.1.